The predicted octanol–water partition coefficient (Wildman–Crippen LogP) is 3.29. The molecule has 22 heavy (non-hydrogen) atoms. The lowest BCUT2D eigenvalue weighted by Crippen LogP contribution is -2.36. The maximum atomic E-state index is 11.2. The van der Waals surface area contributed by atoms with Crippen LogP contribution in [0.5, 0.6) is 0 Å². The second-order valence-electron chi connectivity index (χ2n) is 5.22. The third-order valence-electron chi connectivity index (χ3n) is 3.51. The minimum absolute atomic E-state index is 0.499. The number of hydrogen-bond donors (Lipinski definition) is 2. The number of carboxylic acids is 1. The van der Waals surface area contributed by atoms with E-state index in [-0.39, 0.29) is 0 Å². The van der Waals surface area contributed by atoms with E-state index in [4.69, 9.17) is 0 Å². The SMILES string of the molecule is CCCC(NCc1cn(-c2ccc(Br)cc2)nc1C)C(=O)O. The van der Waals surface area contributed by atoms with Crippen molar-refractivity contribution < 1.29 is 9.90 Å². The van der Waals surface area contributed by atoms with Crippen molar-refractivity contribution in [1.29, 1.82) is 0 Å². The van der Waals surface area contributed by atoms with Crippen LogP contribution in [0, 0.1) is 6.92 Å². The van der Waals surface area contributed by atoms with E-state index in [2.05, 4.69) is 26.3 Å². The third-order valence-corrected chi connectivity index (χ3v) is 4.03. The molecule has 0 bridgehead atoms. The molecule has 2 N–H and O–H groups in total. The van der Waals surface area contributed by atoms with Gasteiger partial charge in [-0.25, -0.2) is 4.68 Å². The van der Waals surface area contributed by atoms with Gasteiger partial charge >= 0.3 is 5.97 Å². The summed E-state index contributed by atoms with van der Waals surface area (Å²) in [5, 5.41) is 16.8. The van der Waals surface area contributed by atoms with Crippen molar-refractivity contribution in [2.75, 3.05) is 0 Å². The van der Waals surface area contributed by atoms with Crippen molar-refractivity contribution in [2.45, 2.75) is 39.3 Å². The summed E-state index contributed by atoms with van der Waals surface area (Å²) in [5.74, 6) is -0.806. The Balaban J connectivity index is 2.09. The van der Waals surface area contributed by atoms with E-state index in [1.165, 1.54) is 0 Å². The zero-order valence-electron chi connectivity index (χ0n) is 12.7. The van der Waals surface area contributed by atoms with Gasteiger partial charge in [0.15, 0.2) is 0 Å². The van der Waals surface area contributed by atoms with E-state index in [1.807, 2.05) is 49.0 Å². The van der Waals surface area contributed by atoms with Crippen molar-refractivity contribution in [3.8, 4) is 5.69 Å². The van der Waals surface area contributed by atoms with E-state index < -0.39 is 12.0 Å². The van der Waals surface area contributed by atoms with Gasteiger partial charge in [-0.05, 0) is 37.6 Å². The Morgan fingerprint density at radius 2 is 2.09 bits per heavy atom. The normalized spacial score (nSPS) is 12.3. The molecular weight excluding hydrogens is 346 g/mol. The van der Waals surface area contributed by atoms with Crippen LogP contribution in [0.25, 0.3) is 5.69 Å². The quantitative estimate of drug-likeness (QED) is 0.789. The van der Waals surface area contributed by atoms with Crippen molar-refractivity contribution in [3.63, 3.8) is 0 Å². The van der Waals surface area contributed by atoms with Gasteiger partial charge in [0.05, 0.1) is 11.4 Å². The zero-order valence-corrected chi connectivity index (χ0v) is 14.3. The molecule has 0 saturated carbocycles. The summed E-state index contributed by atoms with van der Waals surface area (Å²) in [5.41, 5.74) is 2.88. The lowest BCUT2D eigenvalue weighted by molar-refractivity contribution is -0.139. The van der Waals surface area contributed by atoms with Crippen LogP contribution in [0.3, 0.4) is 0 Å². The lowest BCUT2D eigenvalue weighted by Gasteiger charge is -2.12. The number of nitrogens with one attached hydrogen (secondary N) is 1. The fourth-order valence-electron chi connectivity index (χ4n) is 2.23. The molecule has 0 spiro atoms. The molecule has 0 amide bonds. The standard InChI is InChI=1S/C16H20BrN3O2/c1-3-4-15(16(21)22)18-9-12-10-20(19-11(12)2)14-7-5-13(17)6-8-14/h5-8,10,15,18H,3-4,9H2,1-2H3,(H,21,22). The Morgan fingerprint density at radius 3 is 2.68 bits per heavy atom. The zero-order chi connectivity index (χ0) is 16.1. The van der Waals surface area contributed by atoms with Crippen LogP contribution in [0.1, 0.15) is 31.0 Å². The number of aryl methyl sites for hydroxylation is 1. The average molecular weight is 366 g/mol. The fourth-order valence-corrected chi connectivity index (χ4v) is 2.49. The first-order valence-electron chi connectivity index (χ1n) is 7.28. The van der Waals surface area contributed by atoms with Crippen LogP contribution < -0.4 is 5.32 Å². The first-order valence-corrected chi connectivity index (χ1v) is 8.07. The summed E-state index contributed by atoms with van der Waals surface area (Å²) in [7, 11) is 0. The number of benzene rings is 1. The molecule has 118 valence electrons. The van der Waals surface area contributed by atoms with Crippen LogP contribution in [-0.2, 0) is 11.3 Å². The number of hydrogen-bond acceptors (Lipinski definition) is 3. The highest BCUT2D eigenvalue weighted by Gasteiger charge is 2.16. The van der Waals surface area contributed by atoms with Gasteiger partial charge in [-0.2, -0.15) is 5.10 Å². The van der Waals surface area contributed by atoms with E-state index >= 15 is 0 Å². The fraction of sp³-hybridized carbons (Fsp3) is 0.375. The molecule has 6 heteroatoms. The molecule has 0 radical (unpaired) electrons. The highest BCUT2D eigenvalue weighted by Crippen LogP contribution is 2.16. The molecule has 1 atom stereocenters. The van der Waals surface area contributed by atoms with Gasteiger partial charge in [0.1, 0.15) is 6.04 Å². The first-order chi connectivity index (χ1) is 10.5. The molecule has 1 aromatic carbocycles. The summed E-state index contributed by atoms with van der Waals surface area (Å²) >= 11 is 3.41. The summed E-state index contributed by atoms with van der Waals surface area (Å²) in [6.07, 6.45) is 3.40. The van der Waals surface area contributed by atoms with Crippen LogP contribution in [0.15, 0.2) is 34.9 Å². The van der Waals surface area contributed by atoms with Crippen LogP contribution in [0.4, 0.5) is 0 Å². The molecular formula is C16H20BrN3O2. The van der Waals surface area contributed by atoms with Gasteiger partial charge < -0.3 is 10.4 Å². The molecule has 0 aliphatic rings. The minimum Gasteiger partial charge on any atom is -0.480 e. The smallest absolute Gasteiger partial charge is 0.320 e. The molecule has 0 saturated heterocycles. The van der Waals surface area contributed by atoms with Gasteiger partial charge in [-0.3, -0.25) is 4.79 Å². The Kier molecular flexibility index (Phi) is 5.74. The van der Waals surface area contributed by atoms with E-state index in [9.17, 15) is 9.90 Å². The summed E-state index contributed by atoms with van der Waals surface area (Å²) in [4.78, 5) is 11.2. The van der Waals surface area contributed by atoms with Gasteiger partial charge in [0.2, 0.25) is 0 Å². The Hall–Kier alpha value is -1.66. The second kappa shape index (κ2) is 7.56. The molecule has 2 aromatic rings. The lowest BCUT2D eigenvalue weighted by atomic mass is 10.1. The molecule has 0 fully saturated rings. The van der Waals surface area contributed by atoms with Gasteiger partial charge in [0.25, 0.3) is 0 Å². The van der Waals surface area contributed by atoms with Gasteiger partial charge in [-0.1, -0.05) is 29.3 Å². The molecule has 2 rings (SSSR count). The van der Waals surface area contributed by atoms with Crippen molar-refractivity contribution in [3.05, 3.63) is 46.2 Å². The summed E-state index contributed by atoms with van der Waals surface area (Å²) in [6, 6.07) is 7.37. The number of rotatable bonds is 7. The van der Waals surface area contributed by atoms with Crippen LogP contribution >= 0.6 is 15.9 Å². The van der Waals surface area contributed by atoms with Gasteiger partial charge in [-0.15, -0.1) is 0 Å². The average Bonchev–Trinajstić information content (AvgIpc) is 2.85. The monoisotopic (exact) mass is 365 g/mol. The summed E-state index contributed by atoms with van der Waals surface area (Å²) < 4.78 is 2.83. The minimum atomic E-state index is -0.806. The third kappa shape index (κ3) is 4.18. The van der Waals surface area contributed by atoms with E-state index in [0.29, 0.717) is 13.0 Å². The number of aromatic nitrogens is 2. The van der Waals surface area contributed by atoms with Crippen molar-refractivity contribution in [2.24, 2.45) is 0 Å². The Morgan fingerprint density at radius 1 is 1.41 bits per heavy atom. The highest BCUT2D eigenvalue weighted by atomic mass is 79.9. The maximum Gasteiger partial charge on any atom is 0.320 e. The molecule has 1 unspecified atom stereocenters. The molecule has 0 aliphatic carbocycles. The molecule has 5 nitrogen and oxygen atoms in total. The molecule has 1 aromatic heterocycles. The molecule has 0 aliphatic heterocycles. The van der Waals surface area contributed by atoms with E-state index in [0.717, 1.165) is 27.8 Å². The predicted molar refractivity (Wildman–Crippen MR) is 89.2 cm³/mol. The number of nitrogens with zero attached hydrogens (tertiary/aromatic N) is 2. The largest absolute Gasteiger partial charge is 0.480 e. The number of carbonyl (C=O) groups is 1. The van der Waals surface area contributed by atoms with E-state index in [1.54, 1.807) is 0 Å². The second-order valence-corrected chi connectivity index (χ2v) is 6.14. The number of halogens is 1. The van der Waals surface area contributed by atoms with Crippen LogP contribution in [0.2, 0.25) is 0 Å². The summed E-state index contributed by atoms with van der Waals surface area (Å²) in [6.45, 7) is 4.41. The number of carboxylic acid groups (broad SMARTS) is 1. The van der Waals surface area contributed by atoms with Crippen LogP contribution in [-0.4, -0.2) is 26.9 Å². The molecule has 1 heterocycles. The Bertz CT molecular complexity index is 637. The first kappa shape index (κ1) is 16.7. The van der Waals surface area contributed by atoms with Crippen molar-refractivity contribution in [1.82, 2.24) is 15.1 Å². The van der Waals surface area contributed by atoms with Crippen molar-refractivity contribution >= 4 is 21.9 Å². The topological polar surface area (TPSA) is 67.2 Å². The number of aliphatic carboxylic acids is 1. The highest BCUT2D eigenvalue weighted by molar-refractivity contribution is 9.10. The van der Waals surface area contributed by atoms with Gasteiger partial charge in [0, 0.05) is 22.8 Å². The maximum absolute atomic E-state index is 11.2. The Labute approximate surface area is 138 Å².